The predicted octanol–water partition coefficient (Wildman–Crippen LogP) is 2.77. The van der Waals surface area contributed by atoms with E-state index in [-0.39, 0.29) is 6.10 Å². The summed E-state index contributed by atoms with van der Waals surface area (Å²) in [6.07, 6.45) is 0.147. The van der Waals surface area contributed by atoms with Gasteiger partial charge in [0.25, 0.3) is 0 Å². The van der Waals surface area contributed by atoms with Gasteiger partial charge in [-0.3, -0.25) is 0 Å². The molecule has 0 radical (unpaired) electrons. The highest BCUT2D eigenvalue weighted by atomic mass is 16.5. The van der Waals surface area contributed by atoms with Crippen molar-refractivity contribution < 1.29 is 14.2 Å². The molecule has 0 aromatic heterocycles. The average Bonchev–Trinajstić information content (AvgIpc) is 2.23. The molecule has 0 heterocycles. The smallest absolute Gasteiger partial charge is 0.130 e. The molecule has 0 fully saturated rings. The maximum absolute atomic E-state index is 5.82. The monoisotopic (exact) mass is 224 g/mol. The van der Waals surface area contributed by atoms with Crippen LogP contribution in [0.15, 0.2) is 18.2 Å². The van der Waals surface area contributed by atoms with E-state index in [1.807, 2.05) is 32.0 Å². The highest BCUT2D eigenvalue weighted by molar-refractivity contribution is 5.41. The molecule has 0 saturated heterocycles. The zero-order chi connectivity index (χ0) is 12.0. The van der Waals surface area contributed by atoms with E-state index in [1.54, 1.807) is 14.2 Å². The molecule has 0 N–H and O–H groups in total. The summed E-state index contributed by atoms with van der Waals surface area (Å²) in [4.78, 5) is 0. The van der Waals surface area contributed by atoms with Crippen LogP contribution in [0.2, 0.25) is 0 Å². The number of methoxy groups -OCH3 is 2. The molecule has 1 aromatic carbocycles. The largest absolute Gasteiger partial charge is 0.490 e. The van der Waals surface area contributed by atoms with Crippen molar-refractivity contribution in [2.45, 2.75) is 33.2 Å². The highest BCUT2D eigenvalue weighted by Gasteiger charge is 2.11. The van der Waals surface area contributed by atoms with Crippen LogP contribution in [0.4, 0.5) is 0 Å². The number of rotatable bonds is 6. The van der Waals surface area contributed by atoms with Gasteiger partial charge in [0.2, 0.25) is 0 Å². The molecular formula is C13H20O3. The van der Waals surface area contributed by atoms with Crippen molar-refractivity contribution in [3.05, 3.63) is 29.3 Å². The van der Waals surface area contributed by atoms with Gasteiger partial charge < -0.3 is 14.2 Å². The topological polar surface area (TPSA) is 27.7 Å². The molecule has 0 amide bonds. The Morgan fingerprint density at radius 1 is 1.00 bits per heavy atom. The van der Waals surface area contributed by atoms with Crippen LogP contribution in [-0.4, -0.2) is 20.3 Å². The van der Waals surface area contributed by atoms with Crippen molar-refractivity contribution in [1.29, 1.82) is 0 Å². The van der Waals surface area contributed by atoms with Crippen LogP contribution < -0.4 is 4.74 Å². The van der Waals surface area contributed by atoms with Gasteiger partial charge in [0, 0.05) is 25.3 Å². The molecule has 3 heteroatoms. The van der Waals surface area contributed by atoms with Gasteiger partial charge >= 0.3 is 0 Å². The lowest BCUT2D eigenvalue weighted by molar-refractivity contribution is 0.163. The van der Waals surface area contributed by atoms with E-state index in [0.29, 0.717) is 13.2 Å². The molecule has 0 saturated carbocycles. The number of ether oxygens (including phenoxy) is 3. The Labute approximate surface area is 97.3 Å². The van der Waals surface area contributed by atoms with Crippen molar-refractivity contribution in [3.8, 4) is 5.75 Å². The fourth-order valence-electron chi connectivity index (χ4n) is 1.56. The van der Waals surface area contributed by atoms with Gasteiger partial charge in [0.1, 0.15) is 5.75 Å². The van der Waals surface area contributed by atoms with E-state index in [2.05, 4.69) is 0 Å². The number of hydrogen-bond acceptors (Lipinski definition) is 3. The normalized spacial score (nSPS) is 10.8. The van der Waals surface area contributed by atoms with Crippen molar-refractivity contribution in [3.63, 3.8) is 0 Å². The minimum atomic E-state index is 0.147. The summed E-state index contributed by atoms with van der Waals surface area (Å²) in [5, 5.41) is 0. The lowest BCUT2D eigenvalue weighted by Gasteiger charge is -2.17. The van der Waals surface area contributed by atoms with E-state index in [0.717, 1.165) is 16.9 Å². The molecule has 0 spiro atoms. The van der Waals surface area contributed by atoms with Crippen LogP contribution in [0.25, 0.3) is 0 Å². The summed E-state index contributed by atoms with van der Waals surface area (Å²) in [6.45, 7) is 5.14. The molecule has 0 aliphatic carbocycles. The first-order valence-corrected chi connectivity index (χ1v) is 5.44. The highest BCUT2D eigenvalue weighted by Crippen LogP contribution is 2.26. The van der Waals surface area contributed by atoms with Gasteiger partial charge in [-0.1, -0.05) is 18.2 Å². The predicted molar refractivity (Wildman–Crippen MR) is 63.6 cm³/mol. The minimum absolute atomic E-state index is 0.147. The summed E-state index contributed by atoms with van der Waals surface area (Å²) >= 11 is 0. The van der Waals surface area contributed by atoms with E-state index >= 15 is 0 Å². The van der Waals surface area contributed by atoms with Crippen molar-refractivity contribution in [1.82, 2.24) is 0 Å². The van der Waals surface area contributed by atoms with E-state index in [9.17, 15) is 0 Å². The Hall–Kier alpha value is -1.06. The quantitative estimate of drug-likeness (QED) is 0.743. The number of benzene rings is 1. The van der Waals surface area contributed by atoms with E-state index < -0.39 is 0 Å². The second kappa shape index (κ2) is 6.51. The fourth-order valence-corrected chi connectivity index (χ4v) is 1.56. The second-order valence-electron chi connectivity index (χ2n) is 3.94. The molecule has 0 aliphatic rings. The first kappa shape index (κ1) is 13.0. The van der Waals surface area contributed by atoms with E-state index in [1.165, 1.54) is 0 Å². The Balaban J connectivity index is 3.01. The zero-order valence-electron chi connectivity index (χ0n) is 10.4. The third-order valence-corrected chi connectivity index (χ3v) is 2.13. The maximum atomic E-state index is 5.82. The average molecular weight is 224 g/mol. The molecule has 1 rings (SSSR count). The van der Waals surface area contributed by atoms with Gasteiger partial charge in [-0.05, 0) is 13.8 Å². The Morgan fingerprint density at radius 2 is 1.50 bits per heavy atom. The zero-order valence-corrected chi connectivity index (χ0v) is 10.4. The minimum Gasteiger partial charge on any atom is -0.490 e. The molecule has 0 unspecified atom stereocenters. The molecular weight excluding hydrogens is 204 g/mol. The van der Waals surface area contributed by atoms with Gasteiger partial charge in [0.05, 0.1) is 19.3 Å². The van der Waals surface area contributed by atoms with Crippen molar-refractivity contribution in [2.24, 2.45) is 0 Å². The first-order chi connectivity index (χ1) is 7.69. The van der Waals surface area contributed by atoms with Gasteiger partial charge in [0.15, 0.2) is 0 Å². The maximum Gasteiger partial charge on any atom is 0.130 e. The standard InChI is InChI=1S/C13H20O3/c1-10(2)16-13-11(8-14-3)6-5-7-12(13)9-15-4/h5-7,10H,8-9H2,1-4H3. The lowest BCUT2D eigenvalue weighted by Crippen LogP contribution is -2.10. The van der Waals surface area contributed by atoms with Crippen LogP contribution in [0.3, 0.4) is 0 Å². The van der Waals surface area contributed by atoms with Gasteiger partial charge in [-0.2, -0.15) is 0 Å². The van der Waals surface area contributed by atoms with Crippen LogP contribution >= 0.6 is 0 Å². The summed E-state index contributed by atoms with van der Waals surface area (Å²) in [5.41, 5.74) is 2.12. The third kappa shape index (κ3) is 3.51. The van der Waals surface area contributed by atoms with Crippen molar-refractivity contribution >= 4 is 0 Å². The van der Waals surface area contributed by atoms with E-state index in [4.69, 9.17) is 14.2 Å². The van der Waals surface area contributed by atoms with Crippen LogP contribution in [0, 0.1) is 0 Å². The second-order valence-corrected chi connectivity index (χ2v) is 3.94. The summed E-state index contributed by atoms with van der Waals surface area (Å²) in [5.74, 6) is 0.890. The molecule has 1 aromatic rings. The molecule has 0 aliphatic heterocycles. The Bertz CT molecular complexity index is 297. The molecule has 0 atom stereocenters. The SMILES string of the molecule is COCc1cccc(COC)c1OC(C)C. The summed E-state index contributed by atoms with van der Waals surface area (Å²) in [6, 6.07) is 6.02. The van der Waals surface area contributed by atoms with Crippen molar-refractivity contribution in [2.75, 3.05) is 14.2 Å². The van der Waals surface area contributed by atoms with Crippen LogP contribution in [0.5, 0.6) is 5.75 Å². The Morgan fingerprint density at radius 3 is 1.88 bits per heavy atom. The van der Waals surface area contributed by atoms with Crippen LogP contribution in [0.1, 0.15) is 25.0 Å². The summed E-state index contributed by atoms with van der Waals surface area (Å²) in [7, 11) is 3.37. The van der Waals surface area contributed by atoms with Crippen LogP contribution in [-0.2, 0) is 22.7 Å². The van der Waals surface area contributed by atoms with Gasteiger partial charge in [-0.15, -0.1) is 0 Å². The molecule has 3 nitrogen and oxygen atoms in total. The molecule has 90 valence electrons. The molecule has 16 heavy (non-hydrogen) atoms. The molecule has 0 bridgehead atoms. The first-order valence-electron chi connectivity index (χ1n) is 5.44. The lowest BCUT2D eigenvalue weighted by atomic mass is 10.1. The van der Waals surface area contributed by atoms with Gasteiger partial charge in [-0.25, -0.2) is 0 Å². The Kier molecular flexibility index (Phi) is 5.29. The summed E-state index contributed by atoms with van der Waals surface area (Å²) < 4.78 is 16.1. The number of hydrogen-bond donors (Lipinski definition) is 0. The number of para-hydroxylation sites is 1. The fraction of sp³-hybridized carbons (Fsp3) is 0.538. The third-order valence-electron chi connectivity index (χ3n) is 2.13.